The van der Waals surface area contributed by atoms with Gasteiger partial charge in [0.2, 0.25) is 5.91 Å². The van der Waals surface area contributed by atoms with Crippen LogP contribution in [-0.4, -0.2) is 52.4 Å². The number of hydrogen-bond donors (Lipinski definition) is 1. The van der Waals surface area contributed by atoms with E-state index in [9.17, 15) is 19.5 Å². The average Bonchev–Trinajstić information content (AvgIpc) is 3.45. The Hall–Kier alpha value is -3.07. The summed E-state index contributed by atoms with van der Waals surface area (Å²) in [4.78, 5) is 45.9. The number of carboxylic acids is 1. The van der Waals surface area contributed by atoms with Crippen LogP contribution < -0.4 is 0 Å². The number of benzene rings is 1. The number of carbonyl (C=O) groups is 3. The van der Waals surface area contributed by atoms with Gasteiger partial charge >= 0.3 is 5.97 Å². The van der Waals surface area contributed by atoms with Crippen molar-refractivity contribution >= 4 is 40.6 Å². The lowest BCUT2D eigenvalue weighted by atomic mass is 9.79. The van der Waals surface area contributed by atoms with Crippen molar-refractivity contribution in [1.82, 2.24) is 9.88 Å². The number of pyridine rings is 1. The number of amides is 1. The average molecular weight is 485 g/mol. The van der Waals surface area contributed by atoms with Gasteiger partial charge in [0.15, 0.2) is 5.78 Å². The predicted octanol–water partition coefficient (Wildman–Crippen LogP) is 4.06. The van der Waals surface area contributed by atoms with E-state index in [0.717, 1.165) is 0 Å². The normalized spacial score (nSPS) is 22.3. The lowest BCUT2D eigenvalue weighted by Gasteiger charge is -2.30. The standard InChI is InChI=1S/C24H21ClN2O5S/c1-32-13-18(28)27-21(15-6-3-9-26-12-15)20(23(29)14-5-2-7-16(25)11-14)19(22(27)24(30)31)17-8-4-10-33-17/h2-12,19-22H,13H2,1H3,(H,30,31). The highest BCUT2D eigenvalue weighted by Crippen LogP contribution is 2.52. The third-order valence-corrected chi connectivity index (χ3v) is 6.99. The Bertz CT molecular complexity index is 1150. The van der Waals surface area contributed by atoms with Crippen LogP contribution in [0, 0.1) is 5.92 Å². The molecule has 9 heteroatoms. The number of Topliss-reactive ketones (excluding diaryl/α,β-unsaturated/α-hetero) is 1. The molecular formula is C24H21ClN2O5S. The van der Waals surface area contributed by atoms with Crippen molar-refractivity contribution in [2.24, 2.45) is 5.92 Å². The molecule has 1 aromatic carbocycles. The molecule has 1 N–H and O–H groups in total. The van der Waals surface area contributed by atoms with E-state index in [1.165, 1.54) is 23.3 Å². The molecule has 7 nitrogen and oxygen atoms in total. The highest BCUT2D eigenvalue weighted by molar-refractivity contribution is 7.10. The predicted molar refractivity (Wildman–Crippen MR) is 123 cm³/mol. The number of aliphatic carboxylic acids is 1. The van der Waals surface area contributed by atoms with Gasteiger partial charge in [-0.25, -0.2) is 4.79 Å². The number of rotatable bonds is 7. The van der Waals surface area contributed by atoms with Crippen molar-refractivity contribution < 1.29 is 24.2 Å². The van der Waals surface area contributed by atoms with Gasteiger partial charge in [0.25, 0.3) is 0 Å². The van der Waals surface area contributed by atoms with Gasteiger partial charge in [-0.15, -0.1) is 11.3 Å². The molecule has 1 aliphatic rings. The maximum absolute atomic E-state index is 13.9. The third-order valence-electron chi connectivity index (χ3n) is 5.78. The first-order valence-corrected chi connectivity index (χ1v) is 11.5. The summed E-state index contributed by atoms with van der Waals surface area (Å²) in [6.07, 6.45) is 3.14. The quantitative estimate of drug-likeness (QED) is 0.508. The van der Waals surface area contributed by atoms with Crippen molar-refractivity contribution in [2.45, 2.75) is 18.0 Å². The van der Waals surface area contributed by atoms with E-state index in [0.29, 0.717) is 21.0 Å². The summed E-state index contributed by atoms with van der Waals surface area (Å²) in [5.74, 6) is -3.62. The van der Waals surface area contributed by atoms with E-state index in [1.807, 2.05) is 5.38 Å². The summed E-state index contributed by atoms with van der Waals surface area (Å²) >= 11 is 7.51. The topological polar surface area (TPSA) is 96.8 Å². The number of hydrogen-bond acceptors (Lipinski definition) is 6. The summed E-state index contributed by atoms with van der Waals surface area (Å²) in [5, 5.41) is 12.5. The summed E-state index contributed by atoms with van der Waals surface area (Å²) in [5.41, 5.74) is 0.931. The second-order valence-electron chi connectivity index (χ2n) is 7.69. The second-order valence-corrected chi connectivity index (χ2v) is 9.11. The number of aromatic nitrogens is 1. The number of thiophene rings is 1. The van der Waals surface area contributed by atoms with Crippen LogP contribution in [-0.2, 0) is 14.3 Å². The third kappa shape index (κ3) is 4.42. The maximum Gasteiger partial charge on any atom is 0.327 e. The van der Waals surface area contributed by atoms with E-state index in [2.05, 4.69) is 4.98 Å². The van der Waals surface area contributed by atoms with Crippen molar-refractivity contribution in [3.05, 3.63) is 87.3 Å². The van der Waals surface area contributed by atoms with E-state index in [-0.39, 0.29) is 12.4 Å². The maximum atomic E-state index is 13.9. The second kappa shape index (κ2) is 9.82. The number of ether oxygens (including phenoxy) is 1. The van der Waals surface area contributed by atoms with Crippen molar-refractivity contribution in [1.29, 1.82) is 0 Å². The van der Waals surface area contributed by atoms with Gasteiger partial charge in [-0.2, -0.15) is 0 Å². The fourth-order valence-electron chi connectivity index (χ4n) is 4.57. The molecule has 4 rings (SSSR count). The molecule has 0 radical (unpaired) electrons. The monoisotopic (exact) mass is 484 g/mol. The first kappa shape index (κ1) is 23.1. The van der Waals surface area contributed by atoms with Gasteiger partial charge < -0.3 is 14.7 Å². The van der Waals surface area contributed by atoms with Crippen LogP contribution in [0.15, 0.2) is 66.3 Å². The fourth-order valence-corrected chi connectivity index (χ4v) is 5.66. The zero-order chi connectivity index (χ0) is 23.5. The van der Waals surface area contributed by atoms with Crippen LogP contribution in [0.25, 0.3) is 0 Å². The fraction of sp³-hybridized carbons (Fsp3) is 0.250. The first-order chi connectivity index (χ1) is 15.9. The molecule has 0 spiro atoms. The molecule has 2 aromatic heterocycles. The smallest absolute Gasteiger partial charge is 0.327 e. The molecule has 3 heterocycles. The number of methoxy groups -OCH3 is 1. The van der Waals surface area contributed by atoms with Gasteiger partial charge in [0.05, 0.1) is 12.0 Å². The molecule has 1 aliphatic heterocycles. The van der Waals surface area contributed by atoms with Crippen LogP contribution in [0.5, 0.6) is 0 Å². The van der Waals surface area contributed by atoms with E-state index < -0.39 is 35.8 Å². The number of carboxylic acid groups (broad SMARTS) is 1. The molecule has 0 bridgehead atoms. The summed E-state index contributed by atoms with van der Waals surface area (Å²) < 4.78 is 5.05. The van der Waals surface area contributed by atoms with Crippen LogP contribution in [0.4, 0.5) is 0 Å². The molecule has 1 fully saturated rings. The van der Waals surface area contributed by atoms with Gasteiger partial charge in [0, 0.05) is 40.9 Å². The number of likely N-dealkylation sites (tertiary alicyclic amines) is 1. The zero-order valence-electron chi connectivity index (χ0n) is 17.6. The highest BCUT2D eigenvalue weighted by atomic mass is 35.5. The molecule has 4 unspecified atom stereocenters. The molecular weight excluding hydrogens is 464 g/mol. The summed E-state index contributed by atoms with van der Waals surface area (Å²) in [6.45, 7) is -0.310. The molecule has 33 heavy (non-hydrogen) atoms. The van der Waals surface area contributed by atoms with Crippen LogP contribution in [0.1, 0.15) is 32.8 Å². The Morgan fingerprint density at radius 1 is 1.18 bits per heavy atom. The Labute approximate surface area is 199 Å². The Kier molecular flexibility index (Phi) is 6.88. The van der Waals surface area contributed by atoms with E-state index >= 15 is 0 Å². The molecule has 0 saturated carbocycles. The highest BCUT2D eigenvalue weighted by Gasteiger charge is 2.57. The number of nitrogens with zero attached hydrogens (tertiary/aromatic N) is 2. The Morgan fingerprint density at radius 3 is 2.61 bits per heavy atom. The van der Waals surface area contributed by atoms with E-state index in [1.54, 1.807) is 60.9 Å². The summed E-state index contributed by atoms with van der Waals surface area (Å²) in [6, 6.07) is 11.5. The lowest BCUT2D eigenvalue weighted by molar-refractivity contribution is -0.151. The molecule has 4 atom stereocenters. The lowest BCUT2D eigenvalue weighted by Crippen LogP contribution is -2.45. The minimum absolute atomic E-state index is 0.288. The number of ketones is 1. The van der Waals surface area contributed by atoms with Crippen molar-refractivity contribution in [2.75, 3.05) is 13.7 Å². The molecule has 0 aliphatic carbocycles. The van der Waals surface area contributed by atoms with Crippen molar-refractivity contribution in [3.8, 4) is 0 Å². The Balaban J connectivity index is 1.95. The van der Waals surface area contributed by atoms with E-state index in [4.69, 9.17) is 16.3 Å². The van der Waals surface area contributed by atoms with Gasteiger partial charge in [-0.3, -0.25) is 14.6 Å². The number of halogens is 1. The van der Waals surface area contributed by atoms with Gasteiger partial charge in [0.1, 0.15) is 12.6 Å². The Morgan fingerprint density at radius 2 is 2.00 bits per heavy atom. The van der Waals surface area contributed by atoms with Crippen LogP contribution in [0.2, 0.25) is 5.02 Å². The van der Waals surface area contributed by atoms with Gasteiger partial charge in [-0.1, -0.05) is 35.9 Å². The summed E-state index contributed by atoms with van der Waals surface area (Å²) in [7, 11) is 1.37. The minimum atomic E-state index is -1.26. The van der Waals surface area contributed by atoms with Crippen LogP contribution >= 0.6 is 22.9 Å². The van der Waals surface area contributed by atoms with Gasteiger partial charge in [-0.05, 0) is 35.2 Å². The largest absolute Gasteiger partial charge is 0.480 e. The van der Waals surface area contributed by atoms with Crippen molar-refractivity contribution in [3.63, 3.8) is 0 Å². The molecule has 3 aromatic rings. The molecule has 170 valence electrons. The first-order valence-electron chi connectivity index (χ1n) is 10.2. The SMILES string of the molecule is COCC(=O)N1C(C(=O)O)C(c2cccs2)C(C(=O)c2cccc(Cl)c2)C1c1cccnc1. The molecule has 1 amide bonds. The molecule has 1 saturated heterocycles. The zero-order valence-corrected chi connectivity index (χ0v) is 19.2. The van der Waals surface area contributed by atoms with Crippen LogP contribution in [0.3, 0.4) is 0 Å². The minimum Gasteiger partial charge on any atom is -0.480 e. The number of carbonyl (C=O) groups excluding carboxylic acids is 2.